The summed E-state index contributed by atoms with van der Waals surface area (Å²) < 4.78 is 24.6. The van der Waals surface area contributed by atoms with Crippen molar-refractivity contribution in [3.63, 3.8) is 0 Å². The Morgan fingerprint density at radius 2 is 1.79 bits per heavy atom. The molecule has 0 fully saturated rings. The molecule has 6 nitrogen and oxygen atoms in total. The largest absolute Gasteiger partial charge is 0.455 e. The first-order valence-corrected chi connectivity index (χ1v) is 10.7. The summed E-state index contributed by atoms with van der Waals surface area (Å²) in [5.74, 6) is -1.71. The molecule has 0 saturated carbocycles. The van der Waals surface area contributed by atoms with Gasteiger partial charge in [-0.25, -0.2) is 9.18 Å². The maximum absolute atomic E-state index is 13.2. The van der Waals surface area contributed by atoms with Crippen molar-refractivity contribution in [2.24, 2.45) is 0 Å². The topological polar surface area (TPSA) is 85.6 Å². The second kappa shape index (κ2) is 9.49. The minimum absolute atomic E-state index is 0.00578. The van der Waals surface area contributed by atoms with Crippen molar-refractivity contribution >= 4 is 40.1 Å². The fourth-order valence-electron chi connectivity index (χ4n) is 3.44. The van der Waals surface area contributed by atoms with Gasteiger partial charge in [0.1, 0.15) is 17.1 Å². The van der Waals surface area contributed by atoms with Crippen molar-refractivity contribution in [3.8, 4) is 11.3 Å². The molecule has 172 valence electrons. The van der Waals surface area contributed by atoms with Gasteiger partial charge in [0.2, 0.25) is 0 Å². The highest BCUT2D eigenvalue weighted by Gasteiger charge is 2.24. The summed E-state index contributed by atoms with van der Waals surface area (Å²) in [7, 11) is 0. The molecule has 34 heavy (non-hydrogen) atoms. The number of fused-ring (bicyclic) bond motifs is 1. The summed E-state index contributed by atoms with van der Waals surface area (Å²) in [5.41, 5.74) is 1.07. The number of nitrogens with one attached hydrogen (secondary N) is 1. The zero-order valence-corrected chi connectivity index (χ0v) is 19.0. The second-order valence-electron chi connectivity index (χ2n) is 7.59. The van der Waals surface area contributed by atoms with E-state index in [0.29, 0.717) is 16.9 Å². The van der Waals surface area contributed by atoms with Crippen LogP contribution in [0, 0.1) is 12.7 Å². The molecule has 0 saturated heterocycles. The molecule has 1 aromatic heterocycles. The highest BCUT2D eigenvalue weighted by Crippen LogP contribution is 2.28. The fourth-order valence-corrected chi connectivity index (χ4v) is 3.65. The minimum Gasteiger partial charge on any atom is -0.455 e. The number of carbonyl (C=O) groups excluding carboxylic acids is 2. The number of benzene rings is 3. The van der Waals surface area contributed by atoms with E-state index in [1.54, 1.807) is 31.2 Å². The van der Waals surface area contributed by atoms with Crippen molar-refractivity contribution < 1.29 is 23.1 Å². The molecule has 1 heterocycles. The number of amides is 1. The molecule has 0 spiro atoms. The summed E-state index contributed by atoms with van der Waals surface area (Å²) in [6, 6.07) is 17.1. The Labute approximate surface area is 198 Å². The third kappa shape index (κ3) is 4.56. The lowest BCUT2D eigenvalue weighted by Crippen LogP contribution is -2.30. The van der Waals surface area contributed by atoms with E-state index in [-0.39, 0.29) is 32.7 Å². The summed E-state index contributed by atoms with van der Waals surface area (Å²) in [4.78, 5) is 38.4. The number of hydrogen-bond donors (Lipinski definition) is 1. The van der Waals surface area contributed by atoms with Crippen LogP contribution in [0.4, 0.5) is 10.1 Å². The van der Waals surface area contributed by atoms with Gasteiger partial charge in [-0.05, 0) is 44.2 Å². The van der Waals surface area contributed by atoms with Crippen molar-refractivity contribution in [1.29, 1.82) is 0 Å². The minimum atomic E-state index is -1.21. The summed E-state index contributed by atoms with van der Waals surface area (Å²) in [6.45, 7) is 3.04. The molecule has 0 aliphatic carbocycles. The molecule has 1 atom stereocenters. The lowest BCUT2D eigenvalue weighted by atomic mass is 10.0. The Balaban J connectivity index is 1.64. The van der Waals surface area contributed by atoms with Gasteiger partial charge in [-0.15, -0.1) is 0 Å². The number of rotatable bonds is 5. The van der Waals surface area contributed by atoms with Crippen molar-refractivity contribution in [2.75, 3.05) is 5.32 Å². The smallest absolute Gasteiger partial charge is 0.342 e. The molecule has 8 heteroatoms. The van der Waals surface area contributed by atoms with E-state index in [0.717, 1.165) is 12.1 Å². The van der Waals surface area contributed by atoms with E-state index in [2.05, 4.69) is 5.32 Å². The van der Waals surface area contributed by atoms with Crippen molar-refractivity contribution in [1.82, 2.24) is 0 Å². The lowest BCUT2D eigenvalue weighted by Gasteiger charge is -2.15. The van der Waals surface area contributed by atoms with E-state index < -0.39 is 23.8 Å². The van der Waals surface area contributed by atoms with Crippen molar-refractivity contribution in [2.45, 2.75) is 20.0 Å². The SMILES string of the molecule is Cc1c(-c2ccccc2)oc2c(C(=O)O[C@@H](C)C(=O)Nc3ccc(F)cc3Cl)cccc2c1=O. The number of halogens is 2. The molecular formula is C26H19ClFNO5. The Morgan fingerprint density at radius 1 is 1.06 bits per heavy atom. The van der Waals surface area contributed by atoms with Crippen LogP contribution in [-0.2, 0) is 9.53 Å². The first kappa shape index (κ1) is 23.2. The fraction of sp³-hybridized carbons (Fsp3) is 0.115. The molecule has 0 unspecified atom stereocenters. The molecule has 0 aliphatic heterocycles. The van der Waals surface area contributed by atoms with E-state index in [1.165, 1.54) is 19.1 Å². The maximum Gasteiger partial charge on any atom is 0.342 e. The first-order valence-electron chi connectivity index (χ1n) is 10.3. The second-order valence-corrected chi connectivity index (χ2v) is 8.00. The van der Waals surface area contributed by atoms with E-state index in [4.69, 9.17) is 20.8 Å². The number of para-hydroxylation sites is 1. The van der Waals surface area contributed by atoms with Crippen LogP contribution in [0.15, 0.2) is 75.9 Å². The van der Waals surface area contributed by atoms with Gasteiger partial charge in [-0.3, -0.25) is 9.59 Å². The standard InChI is InChI=1S/C26H19ClFNO5/c1-14-22(30)18-9-6-10-19(24(18)34-23(14)16-7-4-3-5-8-16)26(32)33-15(2)25(31)29-21-12-11-17(28)13-20(21)27/h3-13,15H,1-2H3,(H,29,31)/t15-/m0/s1. The van der Waals surface area contributed by atoms with E-state index >= 15 is 0 Å². The van der Waals surface area contributed by atoms with E-state index in [1.807, 2.05) is 18.2 Å². The average Bonchev–Trinajstić information content (AvgIpc) is 2.83. The molecule has 1 amide bonds. The lowest BCUT2D eigenvalue weighted by molar-refractivity contribution is -0.123. The van der Waals surface area contributed by atoms with Gasteiger partial charge in [-0.1, -0.05) is 48.0 Å². The van der Waals surface area contributed by atoms with Crippen LogP contribution < -0.4 is 10.7 Å². The Morgan fingerprint density at radius 3 is 2.50 bits per heavy atom. The highest BCUT2D eigenvalue weighted by molar-refractivity contribution is 6.33. The number of ether oxygens (including phenoxy) is 1. The molecule has 1 N–H and O–H groups in total. The monoisotopic (exact) mass is 479 g/mol. The van der Waals surface area contributed by atoms with Crippen LogP contribution in [0.3, 0.4) is 0 Å². The van der Waals surface area contributed by atoms with Gasteiger partial charge in [-0.2, -0.15) is 0 Å². The quantitative estimate of drug-likeness (QED) is 0.369. The Bertz CT molecular complexity index is 1470. The van der Waals surface area contributed by atoms with Gasteiger partial charge in [0.25, 0.3) is 5.91 Å². The van der Waals surface area contributed by atoms with Crippen LogP contribution in [0.25, 0.3) is 22.3 Å². The molecule has 0 radical (unpaired) electrons. The average molecular weight is 480 g/mol. The number of hydrogen-bond acceptors (Lipinski definition) is 5. The maximum atomic E-state index is 13.2. The molecule has 4 aromatic rings. The molecule has 4 rings (SSSR count). The van der Waals surface area contributed by atoms with Crippen LogP contribution in [0.5, 0.6) is 0 Å². The van der Waals surface area contributed by atoms with Crippen molar-refractivity contribution in [3.05, 3.63) is 98.9 Å². The summed E-state index contributed by atoms with van der Waals surface area (Å²) >= 11 is 5.93. The van der Waals surface area contributed by atoms with Crippen LogP contribution in [0.2, 0.25) is 5.02 Å². The predicted octanol–water partition coefficient (Wildman–Crippen LogP) is 5.74. The Kier molecular flexibility index (Phi) is 6.47. The van der Waals surface area contributed by atoms with Crippen LogP contribution >= 0.6 is 11.6 Å². The highest BCUT2D eigenvalue weighted by atomic mass is 35.5. The van der Waals surface area contributed by atoms with Gasteiger partial charge in [0.05, 0.1) is 16.1 Å². The molecular weight excluding hydrogens is 461 g/mol. The molecule has 0 bridgehead atoms. The summed E-state index contributed by atoms with van der Waals surface area (Å²) in [6.07, 6.45) is -1.21. The number of carbonyl (C=O) groups is 2. The number of anilines is 1. The normalized spacial score (nSPS) is 11.8. The Hall–Kier alpha value is -3.97. The summed E-state index contributed by atoms with van der Waals surface area (Å²) in [5, 5.41) is 2.72. The predicted molar refractivity (Wildman–Crippen MR) is 128 cm³/mol. The third-order valence-electron chi connectivity index (χ3n) is 5.24. The molecule has 0 aliphatic rings. The van der Waals surface area contributed by atoms with E-state index in [9.17, 15) is 18.8 Å². The zero-order chi connectivity index (χ0) is 24.4. The first-order chi connectivity index (χ1) is 16.3. The van der Waals surface area contributed by atoms with Gasteiger partial charge >= 0.3 is 5.97 Å². The van der Waals surface area contributed by atoms with Gasteiger partial charge in [0, 0.05) is 11.1 Å². The van der Waals surface area contributed by atoms with Gasteiger partial charge < -0.3 is 14.5 Å². The number of esters is 1. The van der Waals surface area contributed by atoms with Crippen LogP contribution in [-0.4, -0.2) is 18.0 Å². The zero-order valence-electron chi connectivity index (χ0n) is 18.2. The van der Waals surface area contributed by atoms with Gasteiger partial charge in [0.15, 0.2) is 17.1 Å². The van der Waals surface area contributed by atoms with Crippen LogP contribution in [0.1, 0.15) is 22.8 Å². The molecule has 3 aromatic carbocycles. The third-order valence-corrected chi connectivity index (χ3v) is 5.56.